The summed E-state index contributed by atoms with van der Waals surface area (Å²) in [6.07, 6.45) is 1.06. The predicted octanol–water partition coefficient (Wildman–Crippen LogP) is -0.116. The molecule has 0 saturated heterocycles. The van der Waals surface area contributed by atoms with Crippen molar-refractivity contribution < 1.29 is 14.3 Å². The van der Waals surface area contributed by atoms with Gasteiger partial charge in [0.2, 0.25) is 11.8 Å². The van der Waals surface area contributed by atoms with Crippen LogP contribution in [0.4, 0.5) is 0 Å². The van der Waals surface area contributed by atoms with Crippen molar-refractivity contribution in [1.82, 2.24) is 10.6 Å². The maximum absolute atomic E-state index is 11.1. The topological polar surface area (TPSA) is 67.4 Å². The predicted molar refractivity (Wildman–Crippen MR) is 57.8 cm³/mol. The van der Waals surface area contributed by atoms with Gasteiger partial charge in [-0.15, -0.1) is 11.6 Å². The van der Waals surface area contributed by atoms with Crippen LogP contribution in [-0.2, 0) is 14.3 Å². The Kier molecular flexibility index (Phi) is 9.21. The molecule has 0 aliphatic carbocycles. The van der Waals surface area contributed by atoms with E-state index in [0.717, 1.165) is 6.42 Å². The summed E-state index contributed by atoms with van der Waals surface area (Å²) < 4.78 is 4.83. The van der Waals surface area contributed by atoms with Crippen molar-refractivity contribution in [1.29, 1.82) is 0 Å². The first-order valence-electron chi connectivity index (χ1n) is 4.79. The summed E-state index contributed by atoms with van der Waals surface area (Å²) in [5.41, 5.74) is 0. The molecule has 0 radical (unpaired) electrons. The lowest BCUT2D eigenvalue weighted by Gasteiger charge is -2.05. The summed E-state index contributed by atoms with van der Waals surface area (Å²) >= 11 is 5.26. The lowest BCUT2D eigenvalue weighted by Crippen LogP contribution is -2.31. The van der Waals surface area contributed by atoms with Gasteiger partial charge < -0.3 is 15.4 Å². The second-order valence-corrected chi connectivity index (χ2v) is 3.20. The summed E-state index contributed by atoms with van der Waals surface area (Å²) in [7, 11) is 1.61. The van der Waals surface area contributed by atoms with Gasteiger partial charge in [-0.25, -0.2) is 0 Å². The van der Waals surface area contributed by atoms with Crippen molar-refractivity contribution in [3.63, 3.8) is 0 Å². The van der Waals surface area contributed by atoms with Gasteiger partial charge in [0.1, 0.15) is 5.88 Å². The van der Waals surface area contributed by atoms with E-state index >= 15 is 0 Å². The van der Waals surface area contributed by atoms with E-state index in [1.54, 1.807) is 7.11 Å². The van der Waals surface area contributed by atoms with Gasteiger partial charge in [-0.2, -0.15) is 0 Å². The van der Waals surface area contributed by atoms with E-state index in [-0.39, 0.29) is 24.1 Å². The number of hydrogen-bond donors (Lipinski definition) is 2. The van der Waals surface area contributed by atoms with Gasteiger partial charge in [0, 0.05) is 33.2 Å². The van der Waals surface area contributed by atoms with Crippen molar-refractivity contribution in [3.8, 4) is 0 Å². The van der Waals surface area contributed by atoms with Gasteiger partial charge in [-0.1, -0.05) is 0 Å². The molecule has 6 heteroatoms. The second kappa shape index (κ2) is 9.73. The number of carbonyl (C=O) groups is 2. The number of methoxy groups -OCH3 is 1. The molecule has 5 nitrogen and oxygen atoms in total. The molecule has 0 heterocycles. The maximum atomic E-state index is 11.1. The van der Waals surface area contributed by atoms with Crippen LogP contribution in [0.5, 0.6) is 0 Å². The highest BCUT2D eigenvalue weighted by molar-refractivity contribution is 6.27. The standard InChI is InChI=1S/C9H17ClN2O3/c1-15-6-2-4-11-8(13)3-5-12-9(14)7-10/h2-7H2,1H3,(H,11,13)(H,12,14). The third kappa shape index (κ3) is 9.49. The molecule has 0 fully saturated rings. The number of amides is 2. The number of alkyl halides is 1. The molecule has 88 valence electrons. The molecule has 0 aliphatic rings. The number of carbonyl (C=O) groups excluding carboxylic acids is 2. The van der Waals surface area contributed by atoms with Crippen LogP contribution in [-0.4, -0.2) is 44.5 Å². The molecule has 0 aromatic rings. The van der Waals surface area contributed by atoms with Gasteiger partial charge in [0.15, 0.2) is 0 Å². The van der Waals surface area contributed by atoms with Crippen LogP contribution in [0.25, 0.3) is 0 Å². The fraction of sp³-hybridized carbons (Fsp3) is 0.778. The fourth-order valence-corrected chi connectivity index (χ4v) is 0.990. The van der Waals surface area contributed by atoms with Crippen molar-refractivity contribution in [2.45, 2.75) is 12.8 Å². The molecule has 0 bridgehead atoms. The smallest absolute Gasteiger partial charge is 0.234 e. The van der Waals surface area contributed by atoms with Crippen LogP contribution in [0, 0.1) is 0 Å². The Morgan fingerprint density at radius 2 is 1.87 bits per heavy atom. The van der Waals surface area contributed by atoms with E-state index in [0.29, 0.717) is 19.7 Å². The normalized spacial score (nSPS) is 9.73. The first-order chi connectivity index (χ1) is 7.20. The van der Waals surface area contributed by atoms with Crippen LogP contribution in [0.15, 0.2) is 0 Å². The Morgan fingerprint density at radius 3 is 2.47 bits per heavy atom. The average Bonchev–Trinajstić information content (AvgIpc) is 2.24. The molecule has 0 unspecified atom stereocenters. The van der Waals surface area contributed by atoms with Crippen molar-refractivity contribution >= 4 is 23.4 Å². The monoisotopic (exact) mass is 236 g/mol. The second-order valence-electron chi connectivity index (χ2n) is 2.93. The lowest BCUT2D eigenvalue weighted by molar-refractivity contribution is -0.121. The van der Waals surface area contributed by atoms with Crippen LogP contribution in [0.2, 0.25) is 0 Å². The van der Waals surface area contributed by atoms with Crippen molar-refractivity contribution in [2.24, 2.45) is 0 Å². The molecule has 0 spiro atoms. The molecule has 0 aromatic carbocycles. The van der Waals surface area contributed by atoms with Gasteiger partial charge in [-0.05, 0) is 6.42 Å². The van der Waals surface area contributed by atoms with Crippen LogP contribution < -0.4 is 10.6 Å². The number of rotatable bonds is 8. The minimum Gasteiger partial charge on any atom is -0.385 e. The van der Waals surface area contributed by atoms with Gasteiger partial charge in [0.25, 0.3) is 0 Å². The van der Waals surface area contributed by atoms with Gasteiger partial charge in [0.05, 0.1) is 0 Å². The first kappa shape index (κ1) is 14.2. The summed E-state index contributed by atoms with van der Waals surface area (Å²) in [6.45, 7) is 1.54. The SMILES string of the molecule is COCCCNC(=O)CCNC(=O)CCl. The Hall–Kier alpha value is -0.810. The zero-order valence-corrected chi connectivity index (χ0v) is 9.60. The zero-order chi connectivity index (χ0) is 11.5. The largest absolute Gasteiger partial charge is 0.385 e. The molecule has 15 heavy (non-hydrogen) atoms. The fourth-order valence-electron chi connectivity index (χ4n) is 0.895. The molecular formula is C9H17ClN2O3. The van der Waals surface area contributed by atoms with E-state index in [2.05, 4.69) is 10.6 Å². The van der Waals surface area contributed by atoms with Gasteiger partial charge in [-0.3, -0.25) is 9.59 Å². The van der Waals surface area contributed by atoms with Gasteiger partial charge >= 0.3 is 0 Å². The molecule has 0 rings (SSSR count). The highest BCUT2D eigenvalue weighted by atomic mass is 35.5. The first-order valence-corrected chi connectivity index (χ1v) is 5.32. The summed E-state index contributed by atoms with van der Waals surface area (Å²) in [6, 6.07) is 0. The molecule has 0 saturated carbocycles. The Balaban J connectivity index is 3.29. The van der Waals surface area contributed by atoms with E-state index in [1.807, 2.05) is 0 Å². The number of ether oxygens (including phenoxy) is 1. The molecule has 2 N–H and O–H groups in total. The molecule has 0 aromatic heterocycles. The third-order valence-corrected chi connectivity index (χ3v) is 1.89. The highest BCUT2D eigenvalue weighted by Gasteiger charge is 2.02. The van der Waals surface area contributed by atoms with E-state index in [4.69, 9.17) is 16.3 Å². The highest BCUT2D eigenvalue weighted by Crippen LogP contribution is 1.82. The van der Waals surface area contributed by atoms with Crippen LogP contribution >= 0.6 is 11.6 Å². The zero-order valence-electron chi connectivity index (χ0n) is 8.85. The summed E-state index contributed by atoms with van der Waals surface area (Å²) in [4.78, 5) is 21.8. The van der Waals surface area contributed by atoms with E-state index in [1.165, 1.54) is 0 Å². The number of hydrogen-bond acceptors (Lipinski definition) is 3. The Bertz CT molecular complexity index is 200. The van der Waals surface area contributed by atoms with Crippen molar-refractivity contribution in [2.75, 3.05) is 32.7 Å². The maximum Gasteiger partial charge on any atom is 0.234 e. The average molecular weight is 237 g/mol. The Labute approximate surface area is 94.5 Å². The third-order valence-electron chi connectivity index (χ3n) is 1.64. The molecule has 0 aliphatic heterocycles. The van der Waals surface area contributed by atoms with Crippen LogP contribution in [0.3, 0.4) is 0 Å². The number of nitrogens with one attached hydrogen (secondary N) is 2. The minimum absolute atomic E-state index is 0.0740. The molecule has 0 atom stereocenters. The Morgan fingerprint density at radius 1 is 1.20 bits per heavy atom. The number of halogens is 1. The quantitative estimate of drug-likeness (QED) is 0.456. The van der Waals surface area contributed by atoms with Crippen molar-refractivity contribution in [3.05, 3.63) is 0 Å². The van der Waals surface area contributed by atoms with E-state index in [9.17, 15) is 9.59 Å². The minimum atomic E-state index is -0.260. The van der Waals surface area contributed by atoms with E-state index < -0.39 is 0 Å². The summed E-state index contributed by atoms with van der Waals surface area (Å²) in [5.74, 6) is -0.417. The molecular weight excluding hydrogens is 220 g/mol. The van der Waals surface area contributed by atoms with Crippen LogP contribution in [0.1, 0.15) is 12.8 Å². The summed E-state index contributed by atoms with van der Waals surface area (Å²) in [5, 5.41) is 5.21. The lowest BCUT2D eigenvalue weighted by atomic mass is 10.3. The molecule has 2 amide bonds.